The quantitative estimate of drug-likeness (QED) is 0.655. The first-order chi connectivity index (χ1) is 13.3. The summed E-state index contributed by atoms with van der Waals surface area (Å²) in [6, 6.07) is 10.9. The van der Waals surface area contributed by atoms with Crippen molar-refractivity contribution in [2.75, 3.05) is 0 Å². The van der Waals surface area contributed by atoms with Gasteiger partial charge >= 0.3 is 6.18 Å². The van der Waals surface area contributed by atoms with Crippen LogP contribution in [0, 0.1) is 12.7 Å². The van der Waals surface area contributed by atoms with Gasteiger partial charge in [0.25, 0.3) is 5.91 Å². The Morgan fingerprint density at radius 3 is 2.36 bits per heavy atom. The molecular weight excluding hydrogens is 374 g/mol. The SMILES string of the molecule is Cc1c(C(=O)NC(c2ccc(F)cc2)C(F)(F)F)cnn1Cc1ccccc1. The van der Waals surface area contributed by atoms with E-state index in [0.717, 1.165) is 29.8 Å². The van der Waals surface area contributed by atoms with Crippen molar-refractivity contribution in [1.29, 1.82) is 0 Å². The average molecular weight is 391 g/mol. The molecule has 1 heterocycles. The summed E-state index contributed by atoms with van der Waals surface area (Å²) in [6.07, 6.45) is -3.49. The zero-order valence-electron chi connectivity index (χ0n) is 14.9. The van der Waals surface area contributed by atoms with Crippen LogP contribution in [0.4, 0.5) is 17.6 Å². The summed E-state index contributed by atoms with van der Waals surface area (Å²) in [5, 5.41) is 6.10. The predicted octanol–water partition coefficient (Wildman–Crippen LogP) is 4.41. The van der Waals surface area contributed by atoms with Crippen molar-refractivity contribution in [1.82, 2.24) is 15.1 Å². The second-order valence-electron chi connectivity index (χ2n) is 6.29. The highest BCUT2D eigenvalue weighted by Gasteiger charge is 2.42. The highest BCUT2D eigenvalue weighted by Crippen LogP contribution is 2.33. The van der Waals surface area contributed by atoms with E-state index in [-0.39, 0.29) is 11.1 Å². The number of nitrogens with zero attached hydrogens (tertiary/aromatic N) is 2. The van der Waals surface area contributed by atoms with Crippen LogP contribution in [0.25, 0.3) is 0 Å². The second kappa shape index (κ2) is 7.84. The summed E-state index contributed by atoms with van der Waals surface area (Å²) in [5.74, 6) is -1.56. The van der Waals surface area contributed by atoms with Gasteiger partial charge in [-0.3, -0.25) is 9.48 Å². The lowest BCUT2D eigenvalue weighted by atomic mass is 10.1. The number of rotatable bonds is 5. The molecule has 8 heteroatoms. The van der Waals surface area contributed by atoms with Crippen molar-refractivity contribution in [3.8, 4) is 0 Å². The van der Waals surface area contributed by atoms with Gasteiger partial charge in [0.15, 0.2) is 6.04 Å². The molecule has 0 spiro atoms. The molecule has 0 bridgehead atoms. The first kappa shape index (κ1) is 19.6. The molecule has 3 rings (SSSR count). The number of nitrogens with one attached hydrogen (secondary N) is 1. The van der Waals surface area contributed by atoms with Crippen LogP contribution in [0.3, 0.4) is 0 Å². The number of alkyl halides is 3. The van der Waals surface area contributed by atoms with Gasteiger partial charge in [-0.1, -0.05) is 42.5 Å². The van der Waals surface area contributed by atoms with E-state index in [9.17, 15) is 22.4 Å². The maximum absolute atomic E-state index is 13.4. The molecule has 0 aliphatic heterocycles. The van der Waals surface area contributed by atoms with E-state index in [2.05, 4.69) is 5.10 Å². The number of hydrogen-bond donors (Lipinski definition) is 1. The topological polar surface area (TPSA) is 46.9 Å². The molecular formula is C20H17F4N3O. The van der Waals surface area contributed by atoms with Gasteiger partial charge in [-0.25, -0.2) is 4.39 Å². The van der Waals surface area contributed by atoms with Crippen LogP contribution in [0.15, 0.2) is 60.8 Å². The molecule has 28 heavy (non-hydrogen) atoms. The summed E-state index contributed by atoms with van der Waals surface area (Å²) in [6.45, 7) is 2.01. The fourth-order valence-electron chi connectivity index (χ4n) is 2.80. The van der Waals surface area contributed by atoms with E-state index >= 15 is 0 Å². The molecule has 0 aliphatic carbocycles. The lowest BCUT2D eigenvalue weighted by molar-refractivity contribution is -0.155. The highest BCUT2D eigenvalue weighted by molar-refractivity contribution is 5.95. The molecule has 1 amide bonds. The lowest BCUT2D eigenvalue weighted by Gasteiger charge is -2.22. The molecule has 1 atom stereocenters. The van der Waals surface area contributed by atoms with Crippen LogP contribution < -0.4 is 5.32 Å². The Bertz CT molecular complexity index is 950. The molecule has 1 aromatic heterocycles. The Hall–Kier alpha value is -3.16. The number of hydrogen-bond acceptors (Lipinski definition) is 2. The molecule has 0 saturated heterocycles. The van der Waals surface area contributed by atoms with Crippen molar-refractivity contribution in [2.24, 2.45) is 0 Å². The molecule has 0 saturated carbocycles. The lowest BCUT2D eigenvalue weighted by Crippen LogP contribution is -2.38. The number of benzene rings is 2. The largest absolute Gasteiger partial charge is 0.412 e. The smallest absolute Gasteiger partial charge is 0.337 e. The van der Waals surface area contributed by atoms with Gasteiger partial charge in [0.05, 0.1) is 18.3 Å². The number of carbonyl (C=O) groups excluding carboxylic acids is 1. The normalized spacial score (nSPS) is 12.6. The summed E-state index contributed by atoms with van der Waals surface area (Å²) < 4.78 is 54.9. The van der Waals surface area contributed by atoms with Gasteiger partial charge < -0.3 is 5.32 Å². The summed E-state index contributed by atoms with van der Waals surface area (Å²) in [7, 11) is 0. The molecule has 0 radical (unpaired) electrons. The highest BCUT2D eigenvalue weighted by atomic mass is 19.4. The van der Waals surface area contributed by atoms with E-state index in [0.29, 0.717) is 12.2 Å². The second-order valence-corrected chi connectivity index (χ2v) is 6.29. The minimum Gasteiger partial charge on any atom is -0.337 e. The van der Waals surface area contributed by atoms with Crippen molar-refractivity contribution >= 4 is 5.91 Å². The van der Waals surface area contributed by atoms with Gasteiger partial charge in [0.2, 0.25) is 0 Å². The third-order valence-corrected chi connectivity index (χ3v) is 4.33. The van der Waals surface area contributed by atoms with E-state index in [4.69, 9.17) is 0 Å². The van der Waals surface area contributed by atoms with Crippen LogP contribution in [0.1, 0.15) is 33.2 Å². The Kier molecular flexibility index (Phi) is 5.48. The van der Waals surface area contributed by atoms with E-state index in [1.165, 1.54) is 6.20 Å². The minimum atomic E-state index is -4.73. The van der Waals surface area contributed by atoms with Crippen molar-refractivity contribution in [3.63, 3.8) is 0 Å². The molecule has 3 aromatic rings. The standard InChI is InChI=1S/C20H17F4N3O/c1-13-17(11-25-27(13)12-14-5-3-2-4-6-14)19(28)26-18(20(22,23)24)15-7-9-16(21)10-8-15/h2-11,18H,12H2,1H3,(H,26,28). The van der Waals surface area contributed by atoms with Crippen molar-refractivity contribution in [2.45, 2.75) is 25.7 Å². The van der Waals surface area contributed by atoms with Crippen LogP contribution >= 0.6 is 0 Å². The van der Waals surface area contributed by atoms with E-state index in [1.807, 2.05) is 35.6 Å². The molecule has 0 aliphatic rings. The summed E-state index contributed by atoms with van der Waals surface area (Å²) in [4.78, 5) is 12.5. The molecule has 2 aromatic carbocycles. The third kappa shape index (κ3) is 4.39. The zero-order chi connectivity index (χ0) is 20.3. The Morgan fingerprint density at radius 2 is 1.75 bits per heavy atom. The molecule has 0 fully saturated rings. The van der Waals surface area contributed by atoms with Gasteiger partial charge in [-0.05, 0) is 30.2 Å². The summed E-state index contributed by atoms with van der Waals surface area (Å²) in [5.41, 5.74) is 1.19. The zero-order valence-corrected chi connectivity index (χ0v) is 14.9. The first-order valence-corrected chi connectivity index (χ1v) is 8.45. The van der Waals surface area contributed by atoms with Crippen LogP contribution in [-0.4, -0.2) is 21.9 Å². The van der Waals surface area contributed by atoms with Crippen LogP contribution in [0.2, 0.25) is 0 Å². The first-order valence-electron chi connectivity index (χ1n) is 8.45. The van der Waals surface area contributed by atoms with Gasteiger partial charge in [-0.2, -0.15) is 18.3 Å². The third-order valence-electron chi connectivity index (χ3n) is 4.33. The fraction of sp³-hybridized carbons (Fsp3) is 0.200. The Morgan fingerprint density at radius 1 is 1.11 bits per heavy atom. The number of aromatic nitrogens is 2. The van der Waals surface area contributed by atoms with Crippen LogP contribution in [0.5, 0.6) is 0 Å². The monoisotopic (exact) mass is 391 g/mol. The maximum Gasteiger partial charge on any atom is 0.412 e. The van der Waals surface area contributed by atoms with Gasteiger partial charge in [0.1, 0.15) is 5.82 Å². The van der Waals surface area contributed by atoms with E-state index < -0.39 is 23.9 Å². The number of halogens is 4. The predicted molar refractivity (Wildman–Crippen MR) is 95.2 cm³/mol. The Labute approximate surface area is 158 Å². The molecule has 1 N–H and O–H groups in total. The average Bonchev–Trinajstić information content (AvgIpc) is 3.01. The Balaban J connectivity index is 1.81. The van der Waals surface area contributed by atoms with Crippen molar-refractivity contribution in [3.05, 3.63) is 89.0 Å². The number of amides is 1. The fourth-order valence-corrected chi connectivity index (χ4v) is 2.80. The van der Waals surface area contributed by atoms with E-state index in [1.54, 1.807) is 11.6 Å². The van der Waals surface area contributed by atoms with Gasteiger partial charge in [-0.15, -0.1) is 0 Å². The molecule has 1 unspecified atom stereocenters. The molecule has 4 nitrogen and oxygen atoms in total. The van der Waals surface area contributed by atoms with Gasteiger partial charge in [0, 0.05) is 5.69 Å². The summed E-state index contributed by atoms with van der Waals surface area (Å²) >= 11 is 0. The van der Waals surface area contributed by atoms with Crippen molar-refractivity contribution < 1.29 is 22.4 Å². The maximum atomic E-state index is 13.4. The van der Waals surface area contributed by atoms with Crippen LogP contribution in [-0.2, 0) is 6.54 Å². The minimum absolute atomic E-state index is 0.0484. The molecule has 146 valence electrons. The number of carbonyl (C=O) groups is 1.